The molecule has 1 aliphatic rings. The van der Waals surface area contributed by atoms with Gasteiger partial charge in [-0.15, -0.1) is 11.3 Å². The van der Waals surface area contributed by atoms with Crippen LogP contribution in [-0.4, -0.2) is 26.8 Å². The molecule has 0 aromatic carbocycles. The number of aromatic carboxylic acids is 1. The number of carbonyl (C=O) groups excluding carboxylic acids is 1. The molecule has 1 atom stereocenters. The predicted molar refractivity (Wildman–Crippen MR) is 97.4 cm³/mol. The topological polar surface area (TPSA) is 84.2 Å². The average molecular weight is 361 g/mol. The highest BCUT2D eigenvalue weighted by Crippen LogP contribution is 2.44. The standard InChI is InChI=1S/C18H23N3O3S/c1-18(2,3)11-5-6-12-13(7-11)25-16(14(12)17(23)24)20-15(22)10-8-19-21(4)9-10/h8-9,11H,5-7H2,1-4H3,(H,20,22)(H,23,24). The van der Waals surface area contributed by atoms with Gasteiger partial charge in [-0.1, -0.05) is 20.8 Å². The molecule has 2 aromatic rings. The molecule has 6 nitrogen and oxygen atoms in total. The van der Waals surface area contributed by atoms with Gasteiger partial charge < -0.3 is 10.4 Å². The fourth-order valence-corrected chi connectivity index (χ4v) is 4.67. The molecule has 0 aliphatic heterocycles. The number of hydrogen-bond donors (Lipinski definition) is 2. The SMILES string of the molecule is Cn1cc(C(=O)Nc2sc3c(c2C(=O)O)CCC(C(C)(C)C)C3)cn1. The van der Waals surface area contributed by atoms with E-state index in [-0.39, 0.29) is 16.9 Å². The average Bonchev–Trinajstić information content (AvgIpc) is 3.08. The van der Waals surface area contributed by atoms with E-state index >= 15 is 0 Å². The van der Waals surface area contributed by atoms with Gasteiger partial charge in [0.2, 0.25) is 0 Å². The zero-order valence-electron chi connectivity index (χ0n) is 14.9. The maximum Gasteiger partial charge on any atom is 0.339 e. The van der Waals surface area contributed by atoms with Gasteiger partial charge in [0.05, 0.1) is 17.3 Å². The number of carbonyl (C=O) groups is 2. The van der Waals surface area contributed by atoms with Crippen molar-refractivity contribution in [3.63, 3.8) is 0 Å². The predicted octanol–water partition coefficient (Wildman–Crippen LogP) is 3.58. The van der Waals surface area contributed by atoms with Gasteiger partial charge in [0.1, 0.15) is 5.00 Å². The molecule has 0 spiro atoms. The van der Waals surface area contributed by atoms with Gasteiger partial charge >= 0.3 is 5.97 Å². The molecule has 2 heterocycles. The van der Waals surface area contributed by atoms with Crippen LogP contribution in [0.2, 0.25) is 0 Å². The summed E-state index contributed by atoms with van der Waals surface area (Å²) < 4.78 is 1.54. The van der Waals surface area contributed by atoms with Gasteiger partial charge in [0.25, 0.3) is 5.91 Å². The molecule has 1 aliphatic carbocycles. The second kappa shape index (κ2) is 6.29. The lowest BCUT2D eigenvalue weighted by atomic mass is 9.72. The number of carboxylic acid groups (broad SMARTS) is 1. The number of thiophene rings is 1. The Kier molecular flexibility index (Phi) is 4.45. The highest BCUT2D eigenvalue weighted by atomic mass is 32.1. The molecule has 25 heavy (non-hydrogen) atoms. The van der Waals surface area contributed by atoms with Crippen molar-refractivity contribution in [1.29, 1.82) is 0 Å². The van der Waals surface area contributed by atoms with Crippen molar-refractivity contribution in [3.05, 3.63) is 34.0 Å². The molecule has 7 heteroatoms. The molecule has 0 radical (unpaired) electrons. The second-order valence-corrected chi connectivity index (χ2v) is 8.78. The largest absolute Gasteiger partial charge is 0.478 e. The Morgan fingerprint density at radius 2 is 2.12 bits per heavy atom. The zero-order chi connectivity index (χ0) is 18.4. The van der Waals surface area contributed by atoms with E-state index in [0.29, 0.717) is 16.5 Å². The normalized spacial score (nSPS) is 17.2. The Balaban J connectivity index is 1.91. The van der Waals surface area contributed by atoms with E-state index in [1.807, 2.05) is 0 Å². The number of nitrogens with one attached hydrogen (secondary N) is 1. The van der Waals surface area contributed by atoms with E-state index in [2.05, 4.69) is 31.2 Å². The molecule has 0 bridgehead atoms. The van der Waals surface area contributed by atoms with Gasteiger partial charge in [-0.25, -0.2) is 4.79 Å². The van der Waals surface area contributed by atoms with Gasteiger partial charge in [0.15, 0.2) is 0 Å². The molecule has 134 valence electrons. The zero-order valence-corrected chi connectivity index (χ0v) is 15.7. The third-order valence-electron chi connectivity index (χ3n) is 4.90. The molecule has 0 saturated heterocycles. The van der Waals surface area contributed by atoms with Crippen LogP contribution < -0.4 is 5.32 Å². The monoisotopic (exact) mass is 361 g/mol. The van der Waals surface area contributed by atoms with Crippen LogP contribution in [0.5, 0.6) is 0 Å². The van der Waals surface area contributed by atoms with Crippen molar-refractivity contribution in [3.8, 4) is 0 Å². The van der Waals surface area contributed by atoms with Gasteiger partial charge in [-0.3, -0.25) is 9.48 Å². The lowest BCUT2D eigenvalue weighted by Crippen LogP contribution is -2.26. The van der Waals surface area contributed by atoms with Gasteiger partial charge in [0, 0.05) is 18.1 Å². The minimum Gasteiger partial charge on any atom is -0.478 e. The number of aryl methyl sites for hydroxylation is 1. The number of hydrogen-bond acceptors (Lipinski definition) is 4. The van der Waals surface area contributed by atoms with Crippen LogP contribution in [0.25, 0.3) is 0 Å². The van der Waals surface area contributed by atoms with Crippen LogP contribution in [0, 0.1) is 11.3 Å². The Hall–Kier alpha value is -2.15. The quantitative estimate of drug-likeness (QED) is 0.875. The molecule has 1 amide bonds. The molecular formula is C18H23N3O3S. The number of fused-ring (bicyclic) bond motifs is 1. The maximum absolute atomic E-state index is 12.4. The summed E-state index contributed by atoms with van der Waals surface area (Å²) in [5, 5.41) is 16.9. The van der Waals surface area contributed by atoms with Crippen molar-refractivity contribution in [1.82, 2.24) is 9.78 Å². The fourth-order valence-electron chi connectivity index (χ4n) is 3.35. The van der Waals surface area contributed by atoms with Crippen molar-refractivity contribution >= 4 is 28.2 Å². The number of amides is 1. The van der Waals surface area contributed by atoms with Crippen molar-refractivity contribution in [2.75, 3.05) is 5.32 Å². The van der Waals surface area contributed by atoms with E-state index in [1.165, 1.54) is 17.5 Å². The number of nitrogens with zero attached hydrogens (tertiary/aromatic N) is 2. The van der Waals surface area contributed by atoms with Gasteiger partial charge in [-0.05, 0) is 36.2 Å². The molecule has 0 saturated carbocycles. The van der Waals surface area contributed by atoms with E-state index < -0.39 is 5.97 Å². The van der Waals surface area contributed by atoms with Crippen LogP contribution >= 0.6 is 11.3 Å². The van der Waals surface area contributed by atoms with Crippen LogP contribution in [0.4, 0.5) is 5.00 Å². The van der Waals surface area contributed by atoms with E-state index in [0.717, 1.165) is 29.7 Å². The minimum atomic E-state index is -0.979. The number of aromatic nitrogens is 2. The highest BCUT2D eigenvalue weighted by Gasteiger charge is 2.34. The Bertz CT molecular complexity index is 829. The summed E-state index contributed by atoms with van der Waals surface area (Å²) in [4.78, 5) is 25.3. The summed E-state index contributed by atoms with van der Waals surface area (Å²) in [6, 6.07) is 0. The highest BCUT2D eigenvalue weighted by molar-refractivity contribution is 7.17. The van der Waals surface area contributed by atoms with E-state index in [4.69, 9.17) is 0 Å². The smallest absolute Gasteiger partial charge is 0.339 e. The van der Waals surface area contributed by atoms with Crippen molar-refractivity contribution in [2.45, 2.75) is 40.0 Å². The van der Waals surface area contributed by atoms with Crippen molar-refractivity contribution < 1.29 is 14.7 Å². The minimum absolute atomic E-state index is 0.185. The third-order valence-corrected chi connectivity index (χ3v) is 6.07. The second-order valence-electron chi connectivity index (χ2n) is 7.68. The lowest BCUT2D eigenvalue weighted by molar-refractivity contribution is 0.0696. The molecule has 2 aromatic heterocycles. The summed E-state index contributed by atoms with van der Waals surface area (Å²) in [6.45, 7) is 6.67. The third kappa shape index (κ3) is 3.46. The van der Waals surface area contributed by atoms with Gasteiger partial charge in [-0.2, -0.15) is 5.10 Å². The first-order valence-electron chi connectivity index (χ1n) is 8.34. The van der Waals surface area contributed by atoms with Crippen LogP contribution in [0.1, 0.15) is 58.3 Å². The molecule has 2 N–H and O–H groups in total. The molecule has 3 rings (SSSR count). The fraction of sp³-hybridized carbons (Fsp3) is 0.500. The van der Waals surface area contributed by atoms with E-state index in [1.54, 1.807) is 17.9 Å². The lowest BCUT2D eigenvalue weighted by Gasteiger charge is -2.33. The Labute approximate surface area is 150 Å². The van der Waals surface area contributed by atoms with E-state index in [9.17, 15) is 14.7 Å². The van der Waals surface area contributed by atoms with Crippen molar-refractivity contribution in [2.24, 2.45) is 18.4 Å². The number of carboxylic acids is 1. The van der Waals surface area contributed by atoms with Crippen LogP contribution in [0.3, 0.4) is 0 Å². The van der Waals surface area contributed by atoms with Crippen LogP contribution in [0.15, 0.2) is 12.4 Å². The maximum atomic E-state index is 12.4. The molecule has 0 fully saturated rings. The Morgan fingerprint density at radius 1 is 1.40 bits per heavy atom. The summed E-state index contributed by atoms with van der Waals surface area (Å²) in [7, 11) is 1.73. The molecule has 1 unspecified atom stereocenters. The summed E-state index contributed by atoms with van der Waals surface area (Å²) in [6.07, 6.45) is 5.67. The summed E-state index contributed by atoms with van der Waals surface area (Å²) in [5.41, 5.74) is 1.74. The first-order chi connectivity index (χ1) is 11.7. The Morgan fingerprint density at radius 3 is 2.68 bits per heavy atom. The summed E-state index contributed by atoms with van der Waals surface area (Å²) in [5.74, 6) is -0.795. The summed E-state index contributed by atoms with van der Waals surface area (Å²) >= 11 is 1.40. The number of anilines is 1. The molecular weight excluding hydrogens is 338 g/mol. The first-order valence-corrected chi connectivity index (χ1v) is 9.16. The number of rotatable bonds is 3. The van der Waals surface area contributed by atoms with Crippen LogP contribution in [-0.2, 0) is 19.9 Å². The first kappa shape index (κ1) is 17.7.